The summed E-state index contributed by atoms with van der Waals surface area (Å²) in [6, 6.07) is 10.5. The van der Waals surface area contributed by atoms with Crippen LogP contribution >= 0.6 is 0 Å². The number of benzene rings is 1. The first kappa shape index (κ1) is 18.8. The number of nitrogens with one attached hydrogen (secondary N) is 2. The first-order chi connectivity index (χ1) is 14.7. The van der Waals surface area contributed by atoms with Gasteiger partial charge in [0.2, 0.25) is 0 Å². The number of aromatic nitrogens is 5. The van der Waals surface area contributed by atoms with Gasteiger partial charge < -0.3 is 10.3 Å². The lowest BCUT2D eigenvalue weighted by Gasteiger charge is -2.27. The van der Waals surface area contributed by atoms with Crippen molar-refractivity contribution in [3.8, 4) is 11.1 Å². The smallest absolute Gasteiger partial charge is 0.125 e. The lowest BCUT2D eigenvalue weighted by Crippen LogP contribution is -2.42. The Morgan fingerprint density at radius 1 is 0.967 bits per heavy atom. The maximum atomic E-state index is 4.76. The fourth-order valence-electron chi connectivity index (χ4n) is 3.89. The Kier molecular flexibility index (Phi) is 5.21. The fraction of sp³-hybridized carbons (Fsp3) is 0.304. The van der Waals surface area contributed by atoms with E-state index in [0.29, 0.717) is 6.42 Å². The van der Waals surface area contributed by atoms with Crippen molar-refractivity contribution in [1.82, 2.24) is 35.1 Å². The highest BCUT2D eigenvalue weighted by molar-refractivity contribution is 5.81. The number of imidazole rings is 1. The lowest BCUT2D eigenvalue weighted by molar-refractivity contribution is 0.233. The molecule has 0 bridgehead atoms. The molecule has 7 heteroatoms. The third-order valence-corrected chi connectivity index (χ3v) is 5.49. The average Bonchev–Trinajstić information content (AvgIpc) is 3.16. The van der Waals surface area contributed by atoms with Crippen molar-refractivity contribution in [2.45, 2.75) is 19.9 Å². The summed E-state index contributed by atoms with van der Waals surface area (Å²) < 4.78 is 0. The molecule has 4 aromatic rings. The molecular weight excluding hydrogens is 374 g/mol. The third-order valence-electron chi connectivity index (χ3n) is 5.49. The SMILES string of the molecule is Cc1ncc(-c2ccc3nc(Cc4cc(CN5CCNCC5)ccn4)[nH]c3c2)cn1. The molecule has 7 nitrogen and oxygen atoms in total. The summed E-state index contributed by atoms with van der Waals surface area (Å²) in [7, 11) is 0. The van der Waals surface area contributed by atoms with E-state index in [2.05, 4.69) is 54.4 Å². The fourth-order valence-corrected chi connectivity index (χ4v) is 3.89. The quantitative estimate of drug-likeness (QED) is 0.537. The summed E-state index contributed by atoms with van der Waals surface area (Å²) >= 11 is 0. The molecule has 1 saturated heterocycles. The number of hydrogen-bond acceptors (Lipinski definition) is 6. The average molecular weight is 400 g/mol. The molecular formula is C23H25N7. The molecule has 0 atom stereocenters. The largest absolute Gasteiger partial charge is 0.342 e. The summed E-state index contributed by atoms with van der Waals surface area (Å²) in [6.07, 6.45) is 6.31. The van der Waals surface area contributed by atoms with Gasteiger partial charge in [-0.1, -0.05) is 6.07 Å². The number of aryl methyl sites for hydroxylation is 1. The zero-order chi connectivity index (χ0) is 20.3. The maximum absolute atomic E-state index is 4.76. The highest BCUT2D eigenvalue weighted by Gasteiger charge is 2.11. The van der Waals surface area contributed by atoms with E-state index in [9.17, 15) is 0 Å². The van der Waals surface area contributed by atoms with Gasteiger partial charge in [-0.25, -0.2) is 15.0 Å². The van der Waals surface area contributed by atoms with E-state index in [1.807, 2.05) is 31.6 Å². The van der Waals surface area contributed by atoms with Crippen molar-refractivity contribution in [2.75, 3.05) is 26.2 Å². The van der Waals surface area contributed by atoms with Crippen molar-refractivity contribution in [2.24, 2.45) is 0 Å². The van der Waals surface area contributed by atoms with Crippen LogP contribution in [0, 0.1) is 6.92 Å². The number of hydrogen-bond donors (Lipinski definition) is 2. The van der Waals surface area contributed by atoms with Gasteiger partial charge in [0, 0.05) is 69.0 Å². The molecule has 1 aromatic carbocycles. The molecule has 4 heterocycles. The molecule has 0 saturated carbocycles. The van der Waals surface area contributed by atoms with Gasteiger partial charge in [-0.3, -0.25) is 9.88 Å². The Labute approximate surface area is 175 Å². The molecule has 1 aliphatic rings. The minimum atomic E-state index is 0.688. The standard InChI is InChI=1S/C23H25N7/c1-16-26-13-19(14-27-16)18-2-3-21-22(11-18)29-23(28-21)12-20-10-17(4-5-25-20)15-30-8-6-24-7-9-30/h2-5,10-11,13-14,24H,6-9,12,15H2,1H3,(H,28,29). The van der Waals surface area contributed by atoms with Crippen LogP contribution < -0.4 is 5.32 Å². The molecule has 30 heavy (non-hydrogen) atoms. The van der Waals surface area contributed by atoms with Crippen LogP contribution in [0.4, 0.5) is 0 Å². The third kappa shape index (κ3) is 4.22. The molecule has 1 aliphatic heterocycles. The van der Waals surface area contributed by atoms with Gasteiger partial charge in [-0.05, 0) is 42.3 Å². The van der Waals surface area contributed by atoms with Crippen molar-refractivity contribution >= 4 is 11.0 Å². The second-order valence-electron chi connectivity index (χ2n) is 7.79. The zero-order valence-corrected chi connectivity index (χ0v) is 17.1. The van der Waals surface area contributed by atoms with Crippen molar-refractivity contribution < 1.29 is 0 Å². The molecule has 0 spiro atoms. The minimum Gasteiger partial charge on any atom is -0.342 e. The number of nitrogens with zero attached hydrogens (tertiary/aromatic N) is 5. The van der Waals surface area contributed by atoms with Gasteiger partial charge >= 0.3 is 0 Å². The van der Waals surface area contributed by atoms with E-state index in [1.54, 1.807) is 0 Å². The van der Waals surface area contributed by atoms with Gasteiger partial charge in [0.1, 0.15) is 11.6 Å². The number of piperazine rings is 1. The maximum Gasteiger partial charge on any atom is 0.125 e. The topological polar surface area (TPSA) is 82.6 Å². The van der Waals surface area contributed by atoms with E-state index in [4.69, 9.17) is 4.98 Å². The molecule has 2 N–H and O–H groups in total. The Hall–Kier alpha value is -3.16. The van der Waals surface area contributed by atoms with E-state index in [0.717, 1.165) is 72.2 Å². The van der Waals surface area contributed by atoms with E-state index < -0.39 is 0 Å². The van der Waals surface area contributed by atoms with Crippen LogP contribution in [0.15, 0.2) is 48.9 Å². The Morgan fingerprint density at radius 3 is 2.63 bits per heavy atom. The molecule has 0 amide bonds. The van der Waals surface area contributed by atoms with Crippen LogP contribution in [0.5, 0.6) is 0 Å². The first-order valence-electron chi connectivity index (χ1n) is 10.4. The molecule has 5 rings (SSSR count). The Morgan fingerprint density at radius 2 is 1.80 bits per heavy atom. The van der Waals surface area contributed by atoms with Gasteiger partial charge in [0.25, 0.3) is 0 Å². The number of aromatic amines is 1. The molecule has 3 aromatic heterocycles. The van der Waals surface area contributed by atoms with Crippen LogP contribution in [-0.2, 0) is 13.0 Å². The van der Waals surface area contributed by atoms with Gasteiger partial charge in [-0.2, -0.15) is 0 Å². The molecule has 1 fully saturated rings. The van der Waals surface area contributed by atoms with Crippen molar-refractivity contribution in [3.05, 3.63) is 71.8 Å². The summed E-state index contributed by atoms with van der Waals surface area (Å²) in [6.45, 7) is 7.17. The predicted molar refractivity (Wildman–Crippen MR) is 117 cm³/mol. The number of rotatable bonds is 5. The predicted octanol–water partition coefficient (Wildman–Crippen LogP) is 2.72. The Bertz CT molecular complexity index is 1140. The highest BCUT2D eigenvalue weighted by atomic mass is 15.2. The second kappa shape index (κ2) is 8.30. The molecule has 0 unspecified atom stereocenters. The van der Waals surface area contributed by atoms with Crippen LogP contribution in [-0.4, -0.2) is 56.0 Å². The van der Waals surface area contributed by atoms with Crippen LogP contribution in [0.3, 0.4) is 0 Å². The van der Waals surface area contributed by atoms with Crippen molar-refractivity contribution in [3.63, 3.8) is 0 Å². The van der Waals surface area contributed by atoms with Crippen LogP contribution in [0.1, 0.15) is 22.9 Å². The number of H-pyrrole nitrogens is 1. The van der Waals surface area contributed by atoms with Crippen molar-refractivity contribution in [1.29, 1.82) is 0 Å². The van der Waals surface area contributed by atoms with Crippen LogP contribution in [0.25, 0.3) is 22.2 Å². The second-order valence-corrected chi connectivity index (χ2v) is 7.79. The summed E-state index contributed by atoms with van der Waals surface area (Å²) in [4.78, 5) is 23.8. The first-order valence-corrected chi connectivity index (χ1v) is 10.4. The summed E-state index contributed by atoms with van der Waals surface area (Å²) in [5.41, 5.74) is 6.39. The Balaban J connectivity index is 1.34. The monoisotopic (exact) mass is 399 g/mol. The van der Waals surface area contributed by atoms with Gasteiger partial charge in [-0.15, -0.1) is 0 Å². The van der Waals surface area contributed by atoms with Crippen LogP contribution in [0.2, 0.25) is 0 Å². The van der Waals surface area contributed by atoms with E-state index in [-0.39, 0.29) is 0 Å². The molecule has 0 aliphatic carbocycles. The lowest BCUT2D eigenvalue weighted by atomic mass is 10.1. The van der Waals surface area contributed by atoms with E-state index >= 15 is 0 Å². The number of fused-ring (bicyclic) bond motifs is 1. The number of pyridine rings is 1. The molecule has 0 radical (unpaired) electrons. The minimum absolute atomic E-state index is 0.688. The van der Waals surface area contributed by atoms with Gasteiger partial charge in [0.15, 0.2) is 0 Å². The highest BCUT2D eigenvalue weighted by Crippen LogP contribution is 2.23. The zero-order valence-electron chi connectivity index (χ0n) is 17.1. The van der Waals surface area contributed by atoms with Gasteiger partial charge in [0.05, 0.1) is 11.0 Å². The summed E-state index contributed by atoms with van der Waals surface area (Å²) in [5, 5.41) is 3.40. The van der Waals surface area contributed by atoms with E-state index in [1.165, 1.54) is 5.56 Å². The summed E-state index contributed by atoms with van der Waals surface area (Å²) in [5.74, 6) is 1.70. The normalized spacial score (nSPS) is 15.0. The molecule has 152 valence electrons.